The maximum atomic E-state index is 11.7. The Balaban J connectivity index is 1.92. The second kappa shape index (κ2) is 11.9. The van der Waals surface area contributed by atoms with Crippen molar-refractivity contribution in [1.82, 2.24) is 19.8 Å². The highest BCUT2D eigenvalue weighted by atomic mass is 32.2. The Hall–Kier alpha value is -1.16. The van der Waals surface area contributed by atoms with Crippen molar-refractivity contribution in [1.29, 1.82) is 0 Å². The van der Waals surface area contributed by atoms with Gasteiger partial charge in [0.25, 0.3) is 0 Å². The van der Waals surface area contributed by atoms with E-state index in [-0.39, 0.29) is 0 Å². The quantitative estimate of drug-likeness (QED) is 0.330. The molecular weight excluding hydrogens is 406 g/mol. The Labute approximate surface area is 180 Å². The molecule has 0 bridgehead atoms. The van der Waals surface area contributed by atoms with Gasteiger partial charge in [-0.3, -0.25) is 9.89 Å². The number of rotatable bonds is 10. The molecule has 9 heteroatoms. The van der Waals surface area contributed by atoms with Gasteiger partial charge < -0.3 is 10.6 Å². The van der Waals surface area contributed by atoms with Crippen molar-refractivity contribution in [3.05, 3.63) is 22.4 Å². The SMILES string of the molecule is CCNC(=NCC1CCCN(C)C1c1cccs1)NCCCN(CC)S(C)(=O)=O. The summed E-state index contributed by atoms with van der Waals surface area (Å²) in [5.74, 6) is 1.32. The molecule has 0 aliphatic carbocycles. The second-order valence-corrected chi connectivity index (χ2v) is 10.6. The molecule has 1 aliphatic heterocycles. The first-order chi connectivity index (χ1) is 13.9. The molecular formula is C20H37N5O2S2. The highest BCUT2D eigenvalue weighted by Crippen LogP contribution is 2.37. The lowest BCUT2D eigenvalue weighted by molar-refractivity contribution is 0.128. The molecule has 2 heterocycles. The summed E-state index contributed by atoms with van der Waals surface area (Å²) in [4.78, 5) is 8.74. The predicted octanol–water partition coefficient (Wildman–Crippen LogP) is 2.36. The number of aliphatic imine (C=N–C) groups is 1. The van der Waals surface area contributed by atoms with Gasteiger partial charge >= 0.3 is 0 Å². The molecule has 1 aliphatic rings. The molecule has 7 nitrogen and oxygen atoms in total. The van der Waals surface area contributed by atoms with E-state index >= 15 is 0 Å². The average Bonchev–Trinajstić information content (AvgIpc) is 3.19. The van der Waals surface area contributed by atoms with Gasteiger partial charge in [-0.15, -0.1) is 11.3 Å². The van der Waals surface area contributed by atoms with Crippen molar-refractivity contribution in [3.63, 3.8) is 0 Å². The summed E-state index contributed by atoms with van der Waals surface area (Å²) >= 11 is 1.83. The van der Waals surface area contributed by atoms with Crippen LogP contribution in [0.2, 0.25) is 0 Å². The van der Waals surface area contributed by atoms with Crippen LogP contribution in [0.5, 0.6) is 0 Å². The van der Waals surface area contributed by atoms with Crippen LogP contribution in [0.1, 0.15) is 44.0 Å². The van der Waals surface area contributed by atoms with E-state index in [9.17, 15) is 8.42 Å². The fourth-order valence-electron chi connectivity index (χ4n) is 3.93. The first kappa shape index (κ1) is 24.1. The maximum absolute atomic E-state index is 11.7. The summed E-state index contributed by atoms with van der Waals surface area (Å²) < 4.78 is 24.9. The molecule has 29 heavy (non-hydrogen) atoms. The van der Waals surface area contributed by atoms with Crippen molar-refractivity contribution >= 4 is 27.3 Å². The lowest BCUT2D eigenvalue weighted by Crippen LogP contribution is -2.41. The number of thiophene rings is 1. The van der Waals surface area contributed by atoms with Gasteiger partial charge in [-0.05, 0) is 57.1 Å². The van der Waals surface area contributed by atoms with E-state index < -0.39 is 10.0 Å². The van der Waals surface area contributed by atoms with Gasteiger partial charge in [-0.1, -0.05) is 13.0 Å². The van der Waals surface area contributed by atoms with Crippen LogP contribution in [0.3, 0.4) is 0 Å². The van der Waals surface area contributed by atoms with Crippen LogP contribution in [0, 0.1) is 5.92 Å². The van der Waals surface area contributed by atoms with E-state index in [1.165, 1.54) is 28.3 Å². The Morgan fingerprint density at radius 3 is 2.79 bits per heavy atom. The first-order valence-corrected chi connectivity index (χ1v) is 13.3. The molecule has 0 saturated carbocycles. The number of piperidine rings is 1. The summed E-state index contributed by atoms with van der Waals surface area (Å²) in [6.07, 6.45) is 4.41. The van der Waals surface area contributed by atoms with Crippen molar-refractivity contribution in [3.8, 4) is 0 Å². The Morgan fingerprint density at radius 1 is 1.38 bits per heavy atom. The molecule has 1 fully saturated rings. The lowest BCUT2D eigenvalue weighted by atomic mass is 9.88. The van der Waals surface area contributed by atoms with E-state index in [2.05, 4.69) is 47.0 Å². The van der Waals surface area contributed by atoms with Crippen LogP contribution in [-0.2, 0) is 10.0 Å². The summed E-state index contributed by atoms with van der Waals surface area (Å²) in [7, 11) is -0.914. The van der Waals surface area contributed by atoms with E-state index in [0.717, 1.165) is 32.0 Å². The second-order valence-electron chi connectivity index (χ2n) is 7.60. The van der Waals surface area contributed by atoms with Gasteiger partial charge in [0.2, 0.25) is 10.0 Å². The first-order valence-electron chi connectivity index (χ1n) is 10.6. The van der Waals surface area contributed by atoms with Crippen molar-refractivity contribution < 1.29 is 8.42 Å². The molecule has 0 amide bonds. The fourth-order valence-corrected chi connectivity index (χ4v) is 5.84. The zero-order valence-corrected chi connectivity index (χ0v) is 19.9. The Bertz CT molecular complexity index is 721. The normalized spacial score (nSPS) is 21.5. The standard InChI is InChI=1S/C20H37N5O2S2/c1-5-21-20(22-12-9-14-25(6-2)29(4,26)27)23-16-17-10-7-13-24(3)19(17)18-11-8-15-28-18/h8,11,15,17,19H,5-7,9-10,12-14,16H2,1-4H3,(H2,21,22,23). The lowest BCUT2D eigenvalue weighted by Gasteiger charge is -2.38. The van der Waals surface area contributed by atoms with Crippen molar-refractivity contribution in [2.24, 2.45) is 10.9 Å². The molecule has 0 spiro atoms. The minimum Gasteiger partial charge on any atom is -0.357 e. The predicted molar refractivity (Wildman–Crippen MR) is 123 cm³/mol. The van der Waals surface area contributed by atoms with Gasteiger partial charge in [-0.2, -0.15) is 0 Å². The number of likely N-dealkylation sites (tertiary alicyclic amines) is 1. The third kappa shape index (κ3) is 7.55. The Kier molecular flexibility index (Phi) is 9.88. The number of guanidine groups is 1. The monoisotopic (exact) mass is 443 g/mol. The average molecular weight is 444 g/mol. The van der Waals surface area contributed by atoms with Crippen LogP contribution >= 0.6 is 11.3 Å². The fraction of sp³-hybridized carbons (Fsp3) is 0.750. The molecule has 0 radical (unpaired) electrons. The molecule has 1 aromatic rings. The number of hydrogen-bond acceptors (Lipinski definition) is 5. The van der Waals surface area contributed by atoms with Crippen LogP contribution in [0.25, 0.3) is 0 Å². The molecule has 1 aromatic heterocycles. The van der Waals surface area contributed by atoms with Gasteiger partial charge in [0.05, 0.1) is 6.26 Å². The molecule has 166 valence electrons. The highest BCUT2D eigenvalue weighted by Gasteiger charge is 2.31. The number of nitrogens with zero attached hydrogens (tertiary/aromatic N) is 3. The summed E-state index contributed by atoms with van der Waals surface area (Å²) in [5.41, 5.74) is 0. The highest BCUT2D eigenvalue weighted by molar-refractivity contribution is 7.88. The van der Waals surface area contributed by atoms with Crippen LogP contribution < -0.4 is 10.6 Å². The third-order valence-electron chi connectivity index (χ3n) is 5.37. The minimum atomic E-state index is -3.13. The Morgan fingerprint density at radius 2 is 2.17 bits per heavy atom. The smallest absolute Gasteiger partial charge is 0.211 e. The summed E-state index contributed by atoms with van der Waals surface area (Å²) in [6, 6.07) is 4.80. The maximum Gasteiger partial charge on any atom is 0.211 e. The van der Waals surface area contributed by atoms with Gasteiger partial charge in [0.15, 0.2) is 5.96 Å². The van der Waals surface area contributed by atoms with E-state index in [0.29, 0.717) is 31.6 Å². The minimum absolute atomic E-state index is 0.434. The number of sulfonamides is 1. The summed E-state index contributed by atoms with van der Waals surface area (Å²) in [5, 5.41) is 8.82. The topological polar surface area (TPSA) is 77.0 Å². The van der Waals surface area contributed by atoms with Gasteiger partial charge in [0, 0.05) is 43.6 Å². The van der Waals surface area contributed by atoms with E-state index in [1.54, 1.807) is 0 Å². The van der Waals surface area contributed by atoms with Gasteiger partial charge in [0.1, 0.15) is 0 Å². The van der Waals surface area contributed by atoms with Crippen molar-refractivity contribution in [2.45, 2.75) is 39.2 Å². The van der Waals surface area contributed by atoms with Crippen LogP contribution in [0.4, 0.5) is 0 Å². The molecule has 2 unspecified atom stereocenters. The van der Waals surface area contributed by atoms with Crippen molar-refractivity contribution in [2.75, 3.05) is 52.6 Å². The number of hydrogen-bond donors (Lipinski definition) is 2. The molecule has 0 aromatic carbocycles. The molecule has 2 atom stereocenters. The number of nitrogens with one attached hydrogen (secondary N) is 2. The zero-order valence-electron chi connectivity index (χ0n) is 18.2. The van der Waals surface area contributed by atoms with Crippen LogP contribution in [0.15, 0.2) is 22.5 Å². The zero-order chi connectivity index (χ0) is 21.3. The van der Waals surface area contributed by atoms with Gasteiger partial charge in [-0.25, -0.2) is 12.7 Å². The van der Waals surface area contributed by atoms with Crippen LogP contribution in [-0.4, -0.2) is 76.2 Å². The molecule has 2 rings (SSSR count). The van der Waals surface area contributed by atoms with E-state index in [4.69, 9.17) is 4.99 Å². The molecule has 1 saturated heterocycles. The van der Waals surface area contributed by atoms with E-state index in [1.807, 2.05) is 18.3 Å². The molecule has 2 N–H and O–H groups in total. The largest absolute Gasteiger partial charge is 0.357 e. The summed E-state index contributed by atoms with van der Waals surface area (Å²) in [6.45, 7) is 8.36. The third-order valence-corrected chi connectivity index (χ3v) is 7.69.